The molecule has 2 aromatic rings. The second-order valence-electron chi connectivity index (χ2n) is 5.75. The van der Waals surface area contributed by atoms with E-state index < -0.39 is 0 Å². The molecule has 0 saturated carbocycles. The number of hydrogen-bond donors (Lipinski definition) is 2. The van der Waals surface area contributed by atoms with E-state index >= 15 is 0 Å². The highest BCUT2D eigenvalue weighted by Gasteiger charge is 2.10. The summed E-state index contributed by atoms with van der Waals surface area (Å²) in [6.45, 7) is 10.4. The molecule has 4 heteroatoms. The van der Waals surface area contributed by atoms with Crippen LogP contribution in [0.3, 0.4) is 0 Å². The van der Waals surface area contributed by atoms with E-state index in [9.17, 15) is 4.79 Å². The molecule has 0 spiro atoms. The first kappa shape index (κ1) is 16.7. The van der Waals surface area contributed by atoms with Crippen molar-refractivity contribution in [1.29, 1.82) is 0 Å². The first-order chi connectivity index (χ1) is 11.0. The molecular formula is C19H23N3O. The van der Waals surface area contributed by atoms with Gasteiger partial charge >= 0.3 is 0 Å². The van der Waals surface area contributed by atoms with Gasteiger partial charge in [-0.1, -0.05) is 38.1 Å². The third-order valence-electron chi connectivity index (χ3n) is 3.60. The van der Waals surface area contributed by atoms with Gasteiger partial charge in [-0.2, -0.15) is 0 Å². The maximum Gasteiger partial charge on any atom is 0.270 e. The number of benzene rings is 1. The maximum atomic E-state index is 11.8. The van der Waals surface area contributed by atoms with Crippen molar-refractivity contribution in [2.24, 2.45) is 0 Å². The Morgan fingerprint density at radius 3 is 2.70 bits per heavy atom. The van der Waals surface area contributed by atoms with Crippen LogP contribution in [0.15, 0.2) is 49.2 Å². The Bertz CT molecular complexity index is 690. The summed E-state index contributed by atoms with van der Waals surface area (Å²) >= 11 is 0. The van der Waals surface area contributed by atoms with Gasteiger partial charge < -0.3 is 10.6 Å². The number of carbonyl (C=O) groups is 1. The Morgan fingerprint density at radius 1 is 1.30 bits per heavy atom. The van der Waals surface area contributed by atoms with E-state index in [0.29, 0.717) is 18.2 Å². The normalized spacial score (nSPS) is 10.4. The third kappa shape index (κ3) is 4.19. The lowest BCUT2D eigenvalue weighted by atomic mass is 9.98. The smallest absolute Gasteiger partial charge is 0.270 e. The van der Waals surface area contributed by atoms with Gasteiger partial charge in [0.2, 0.25) is 0 Å². The molecule has 1 heterocycles. The second-order valence-corrected chi connectivity index (χ2v) is 5.75. The molecule has 0 bridgehead atoms. The third-order valence-corrected chi connectivity index (χ3v) is 3.60. The zero-order valence-electron chi connectivity index (χ0n) is 13.9. The van der Waals surface area contributed by atoms with Crippen LogP contribution in [0.25, 0.3) is 0 Å². The van der Waals surface area contributed by atoms with E-state index in [2.05, 4.69) is 61.2 Å². The van der Waals surface area contributed by atoms with Crippen LogP contribution in [0.2, 0.25) is 0 Å². The topological polar surface area (TPSA) is 54.0 Å². The van der Waals surface area contributed by atoms with E-state index in [-0.39, 0.29) is 5.91 Å². The number of rotatable bonds is 6. The minimum absolute atomic E-state index is 0.199. The monoisotopic (exact) mass is 309 g/mol. The minimum atomic E-state index is -0.199. The Morgan fingerprint density at radius 2 is 2.09 bits per heavy atom. The Kier molecular flexibility index (Phi) is 5.52. The number of anilines is 2. The van der Waals surface area contributed by atoms with Crippen molar-refractivity contribution >= 4 is 17.3 Å². The van der Waals surface area contributed by atoms with Crippen molar-refractivity contribution < 1.29 is 4.79 Å². The molecule has 0 unspecified atom stereocenters. The van der Waals surface area contributed by atoms with Gasteiger partial charge in [0.05, 0.1) is 11.9 Å². The molecule has 0 saturated heterocycles. The molecule has 0 aliphatic heterocycles. The Hall–Kier alpha value is -2.62. The van der Waals surface area contributed by atoms with E-state index in [0.717, 1.165) is 11.4 Å². The van der Waals surface area contributed by atoms with Crippen LogP contribution in [-0.2, 0) is 0 Å². The molecule has 0 aliphatic carbocycles. The van der Waals surface area contributed by atoms with Crippen molar-refractivity contribution in [1.82, 2.24) is 10.3 Å². The quantitative estimate of drug-likeness (QED) is 0.787. The van der Waals surface area contributed by atoms with Crippen LogP contribution in [0.1, 0.15) is 41.4 Å². The molecule has 2 N–H and O–H groups in total. The number of pyridine rings is 1. The van der Waals surface area contributed by atoms with Gasteiger partial charge in [-0.15, -0.1) is 6.58 Å². The number of para-hydroxylation sites is 1. The molecule has 0 aliphatic rings. The standard InChI is InChI=1S/C19H23N3O/c1-5-11-20-19(23)17-10-9-15(12-21-17)22-18-14(4)7-6-8-16(18)13(2)3/h5-10,12-13,22H,1,11H2,2-4H3,(H,20,23). The van der Waals surface area contributed by atoms with Crippen molar-refractivity contribution in [2.45, 2.75) is 26.7 Å². The van der Waals surface area contributed by atoms with E-state index in [1.807, 2.05) is 6.07 Å². The number of nitrogens with one attached hydrogen (secondary N) is 2. The SMILES string of the molecule is C=CCNC(=O)c1ccc(Nc2c(C)cccc2C(C)C)cn1. The van der Waals surface area contributed by atoms with Crippen LogP contribution in [0, 0.1) is 6.92 Å². The van der Waals surface area contributed by atoms with Gasteiger partial charge in [-0.3, -0.25) is 4.79 Å². The van der Waals surface area contributed by atoms with Gasteiger partial charge in [-0.05, 0) is 36.1 Å². The van der Waals surface area contributed by atoms with Crippen molar-refractivity contribution in [2.75, 3.05) is 11.9 Å². The molecule has 2 rings (SSSR count). The lowest BCUT2D eigenvalue weighted by Gasteiger charge is -2.17. The first-order valence-electron chi connectivity index (χ1n) is 7.74. The number of aromatic nitrogens is 1. The molecule has 0 atom stereocenters. The molecule has 0 radical (unpaired) electrons. The summed E-state index contributed by atoms with van der Waals surface area (Å²) in [5, 5.41) is 6.13. The van der Waals surface area contributed by atoms with Crippen LogP contribution in [0.5, 0.6) is 0 Å². The fourth-order valence-electron chi connectivity index (χ4n) is 2.34. The Balaban J connectivity index is 2.19. The van der Waals surface area contributed by atoms with Gasteiger partial charge in [0.15, 0.2) is 0 Å². The predicted molar refractivity (Wildman–Crippen MR) is 95.3 cm³/mol. The lowest BCUT2D eigenvalue weighted by Crippen LogP contribution is -2.24. The zero-order valence-corrected chi connectivity index (χ0v) is 13.9. The number of carbonyl (C=O) groups excluding carboxylic acids is 1. The van der Waals surface area contributed by atoms with Gasteiger partial charge in [0, 0.05) is 12.2 Å². The minimum Gasteiger partial charge on any atom is -0.354 e. The van der Waals surface area contributed by atoms with Crippen molar-refractivity contribution in [3.63, 3.8) is 0 Å². The molecule has 23 heavy (non-hydrogen) atoms. The zero-order chi connectivity index (χ0) is 16.8. The van der Waals surface area contributed by atoms with E-state index in [4.69, 9.17) is 0 Å². The summed E-state index contributed by atoms with van der Waals surface area (Å²) in [6, 6.07) is 9.87. The fraction of sp³-hybridized carbons (Fsp3) is 0.263. The van der Waals surface area contributed by atoms with Crippen molar-refractivity contribution in [3.8, 4) is 0 Å². The average molecular weight is 309 g/mol. The number of nitrogens with zero attached hydrogens (tertiary/aromatic N) is 1. The highest BCUT2D eigenvalue weighted by molar-refractivity contribution is 5.92. The molecule has 0 fully saturated rings. The van der Waals surface area contributed by atoms with Crippen LogP contribution < -0.4 is 10.6 Å². The second kappa shape index (κ2) is 7.58. The highest BCUT2D eigenvalue weighted by Crippen LogP contribution is 2.29. The summed E-state index contributed by atoms with van der Waals surface area (Å²) in [6.07, 6.45) is 3.32. The number of amides is 1. The van der Waals surface area contributed by atoms with E-state index in [1.54, 1.807) is 18.3 Å². The Labute approximate surface area is 137 Å². The molecule has 1 aromatic heterocycles. The summed E-state index contributed by atoms with van der Waals surface area (Å²) < 4.78 is 0. The molecule has 1 aromatic carbocycles. The van der Waals surface area contributed by atoms with Crippen LogP contribution >= 0.6 is 0 Å². The van der Waals surface area contributed by atoms with Crippen molar-refractivity contribution in [3.05, 3.63) is 66.0 Å². The highest BCUT2D eigenvalue weighted by atomic mass is 16.1. The summed E-state index contributed by atoms with van der Waals surface area (Å²) in [5.74, 6) is 0.226. The number of hydrogen-bond acceptors (Lipinski definition) is 3. The fourth-order valence-corrected chi connectivity index (χ4v) is 2.34. The van der Waals surface area contributed by atoms with E-state index in [1.165, 1.54) is 11.1 Å². The molecular weight excluding hydrogens is 286 g/mol. The largest absolute Gasteiger partial charge is 0.354 e. The molecule has 120 valence electrons. The predicted octanol–water partition coefficient (Wildman–Crippen LogP) is 4.17. The van der Waals surface area contributed by atoms with Gasteiger partial charge in [0.25, 0.3) is 5.91 Å². The molecule has 4 nitrogen and oxygen atoms in total. The summed E-state index contributed by atoms with van der Waals surface area (Å²) in [5.41, 5.74) is 4.81. The lowest BCUT2D eigenvalue weighted by molar-refractivity contribution is 0.0953. The first-order valence-corrected chi connectivity index (χ1v) is 7.74. The summed E-state index contributed by atoms with van der Waals surface area (Å²) in [7, 11) is 0. The van der Waals surface area contributed by atoms with Gasteiger partial charge in [0.1, 0.15) is 5.69 Å². The molecule has 1 amide bonds. The summed E-state index contributed by atoms with van der Waals surface area (Å²) in [4.78, 5) is 16.1. The average Bonchev–Trinajstić information content (AvgIpc) is 2.55. The maximum absolute atomic E-state index is 11.8. The number of aryl methyl sites for hydroxylation is 1. The van der Waals surface area contributed by atoms with Crippen LogP contribution in [-0.4, -0.2) is 17.4 Å². The van der Waals surface area contributed by atoms with Gasteiger partial charge in [-0.25, -0.2) is 4.98 Å². The van der Waals surface area contributed by atoms with Crippen LogP contribution in [0.4, 0.5) is 11.4 Å².